The first kappa shape index (κ1) is 18.0. The predicted molar refractivity (Wildman–Crippen MR) is 107 cm³/mol. The third-order valence-electron chi connectivity index (χ3n) is 4.57. The van der Waals surface area contributed by atoms with Gasteiger partial charge in [-0.1, -0.05) is 107 Å². The van der Waals surface area contributed by atoms with Crippen LogP contribution in [0, 0.1) is 0 Å². The molecule has 124 valence electrons. The number of rotatable bonds is 1. The van der Waals surface area contributed by atoms with Gasteiger partial charge in [0.1, 0.15) is 0 Å². The van der Waals surface area contributed by atoms with E-state index in [0.717, 1.165) is 0 Å². The van der Waals surface area contributed by atoms with Crippen LogP contribution in [-0.4, -0.2) is 0 Å². The van der Waals surface area contributed by atoms with Gasteiger partial charge >= 0.3 is 0 Å². The normalized spacial score (nSPS) is 12.7. The summed E-state index contributed by atoms with van der Waals surface area (Å²) in [6.07, 6.45) is 0. The van der Waals surface area contributed by atoms with Crippen LogP contribution in [0.3, 0.4) is 0 Å². The van der Waals surface area contributed by atoms with E-state index >= 15 is 0 Å². The van der Waals surface area contributed by atoms with Gasteiger partial charge in [-0.25, -0.2) is 0 Å². The van der Waals surface area contributed by atoms with Crippen molar-refractivity contribution in [1.82, 2.24) is 0 Å². The average Bonchev–Trinajstić information content (AvgIpc) is 2.97. The van der Waals surface area contributed by atoms with Gasteiger partial charge in [0.2, 0.25) is 0 Å². The first-order chi connectivity index (χ1) is 11.8. The van der Waals surface area contributed by atoms with Crippen molar-refractivity contribution >= 4 is 0 Å². The first-order valence-electron chi connectivity index (χ1n) is 9.07. The van der Waals surface area contributed by atoms with Gasteiger partial charge in [0.25, 0.3) is 0 Å². The van der Waals surface area contributed by atoms with Gasteiger partial charge in [-0.15, -0.1) is 0 Å². The molecular weight excluding hydrogens is 288 g/mol. The van der Waals surface area contributed by atoms with Crippen LogP contribution in [0.25, 0.3) is 11.1 Å². The molecule has 4 rings (SSSR count). The molecule has 0 nitrogen and oxygen atoms in total. The third kappa shape index (κ3) is 2.78. The Morgan fingerprint density at radius 2 is 0.875 bits per heavy atom. The lowest BCUT2D eigenvalue weighted by atomic mass is 9.74. The lowest BCUT2D eigenvalue weighted by Crippen LogP contribution is -2.22. The molecule has 0 saturated carbocycles. The zero-order valence-corrected chi connectivity index (χ0v) is 15.5. The summed E-state index contributed by atoms with van der Waals surface area (Å²) in [5.74, 6) is 0. The fraction of sp³-hybridized carbons (Fsp3) is 0.250. The van der Waals surface area contributed by atoms with Gasteiger partial charge in [0.15, 0.2) is 0 Å². The molecule has 0 radical (unpaired) electrons. The van der Waals surface area contributed by atoms with Crippen molar-refractivity contribution in [2.24, 2.45) is 0 Å². The van der Waals surface area contributed by atoms with Gasteiger partial charge in [-0.3, -0.25) is 0 Å². The highest BCUT2D eigenvalue weighted by atomic mass is 14.4. The summed E-state index contributed by atoms with van der Waals surface area (Å²) in [4.78, 5) is 0. The van der Waals surface area contributed by atoms with Crippen molar-refractivity contribution < 1.29 is 0 Å². The number of hydrogen-bond acceptors (Lipinski definition) is 0. The summed E-state index contributed by atoms with van der Waals surface area (Å²) in [7, 11) is 0. The second kappa shape index (κ2) is 7.97. The summed E-state index contributed by atoms with van der Waals surface area (Å²) in [6.45, 7) is 10.3. The van der Waals surface area contributed by atoms with E-state index < -0.39 is 0 Å². The molecule has 3 aromatic rings. The quantitative estimate of drug-likeness (QED) is 0.450. The monoisotopic (exact) mass is 316 g/mol. The maximum Gasteiger partial charge on any atom is 0.0435 e. The van der Waals surface area contributed by atoms with Crippen LogP contribution >= 0.6 is 0 Å². The Bertz CT molecular complexity index is 723. The Morgan fingerprint density at radius 1 is 0.500 bits per heavy atom. The van der Waals surface area contributed by atoms with E-state index in [4.69, 9.17) is 0 Å². The minimum Gasteiger partial charge on any atom is -0.0683 e. The Balaban J connectivity index is 0.000000487. The minimum atomic E-state index is -0.0472. The summed E-state index contributed by atoms with van der Waals surface area (Å²) >= 11 is 0. The van der Waals surface area contributed by atoms with Crippen molar-refractivity contribution in [1.29, 1.82) is 0 Å². The molecule has 0 N–H and O–H groups in total. The van der Waals surface area contributed by atoms with E-state index in [0.29, 0.717) is 0 Å². The molecule has 0 amide bonds. The van der Waals surface area contributed by atoms with E-state index in [-0.39, 0.29) is 5.41 Å². The summed E-state index contributed by atoms with van der Waals surface area (Å²) in [6, 6.07) is 28.4. The predicted octanol–water partition coefficient (Wildman–Crippen LogP) is 7.07. The number of benzene rings is 3. The standard InChI is InChI=1S/C20H16.2C2H6/c1-20(15-9-3-2-4-10-15)18-13-7-5-11-16(18)17-12-6-8-14-19(17)20;2*1-2/h2-14H,1H3;2*1-2H3. The molecule has 3 aromatic carbocycles. The molecule has 1 aliphatic carbocycles. The van der Waals surface area contributed by atoms with Crippen molar-refractivity contribution in [3.63, 3.8) is 0 Å². The van der Waals surface area contributed by atoms with Crippen LogP contribution in [-0.2, 0) is 5.41 Å². The van der Waals surface area contributed by atoms with E-state index in [1.165, 1.54) is 27.8 Å². The summed E-state index contributed by atoms with van der Waals surface area (Å²) in [5.41, 5.74) is 6.87. The van der Waals surface area contributed by atoms with Gasteiger partial charge in [0, 0.05) is 5.41 Å². The van der Waals surface area contributed by atoms with Gasteiger partial charge in [-0.05, 0) is 34.7 Å². The fourth-order valence-corrected chi connectivity index (χ4v) is 3.54. The SMILES string of the molecule is CC.CC.CC1(c2ccccc2)c2ccccc2-c2ccccc21. The van der Waals surface area contributed by atoms with Crippen LogP contribution in [0.4, 0.5) is 0 Å². The first-order valence-corrected chi connectivity index (χ1v) is 9.07. The Morgan fingerprint density at radius 3 is 1.33 bits per heavy atom. The van der Waals surface area contributed by atoms with Crippen LogP contribution < -0.4 is 0 Å². The van der Waals surface area contributed by atoms with Crippen molar-refractivity contribution in [3.05, 3.63) is 95.6 Å². The molecule has 0 bridgehead atoms. The fourth-order valence-electron chi connectivity index (χ4n) is 3.54. The van der Waals surface area contributed by atoms with Crippen LogP contribution in [0.1, 0.15) is 51.3 Å². The largest absolute Gasteiger partial charge is 0.0683 e. The Kier molecular flexibility index (Phi) is 5.98. The lowest BCUT2D eigenvalue weighted by molar-refractivity contribution is 0.714. The molecule has 0 aromatic heterocycles. The molecule has 24 heavy (non-hydrogen) atoms. The average molecular weight is 316 g/mol. The Labute approximate surface area is 147 Å². The molecule has 0 atom stereocenters. The molecule has 0 unspecified atom stereocenters. The molecule has 1 aliphatic rings. The number of hydrogen-bond donors (Lipinski definition) is 0. The number of fused-ring (bicyclic) bond motifs is 3. The highest BCUT2D eigenvalue weighted by Crippen LogP contribution is 2.51. The lowest BCUT2D eigenvalue weighted by Gasteiger charge is -2.28. The van der Waals surface area contributed by atoms with E-state index in [1.54, 1.807) is 0 Å². The molecular formula is C24H28. The highest BCUT2D eigenvalue weighted by Gasteiger charge is 2.39. The molecule has 0 saturated heterocycles. The van der Waals surface area contributed by atoms with Crippen molar-refractivity contribution in [3.8, 4) is 11.1 Å². The molecule has 0 heteroatoms. The van der Waals surface area contributed by atoms with Crippen LogP contribution in [0.5, 0.6) is 0 Å². The topological polar surface area (TPSA) is 0 Å². The summed E-state index contributed by atoms with van der Waals surface area (Å²) in [5, 5.41) is 0. The van der Waals surface area contributed by atoms with Gasteiger partial charge in [0.05, 0.1) is 0 Å². The van der Waals surface area contributed by atoms with Gasteiger partial charge in [-0.2, -0.15) is 0 Å². The van der Waals surface area contributed by atoms with Crippen LogP contribution in [0.2, 0.25) is 0 Å². The maximum atomic E-state index is 2.34. The Hall–Kier alpha value is -2.34. The minimum absolute atomic E-state index is 0.0472. The van der Waals surface area contributed by atoms with E-state index in [2.05, 4.69) is 85.8 Å². The summed E-state index contributed by atoms with van der Waals surface area (Å²) < 4.78 is 0. The van der Waals surface area contributed by atoms with E-state index in [9.17, 15) is 0 Å². The van der Waals surface area contributed by atoms with Gasteiger partial charge < -0.3 is 0 Å². The zero-order chi connectivity index (χ0) is 17.6. The zero-order valence-electron chi connectivity index (χ0n) is 15.5. The van der Waals surface area contributed by atoms with Crippen molar-refractivity contribution in [2.45, 2.75) is 40.0 Å². The molecule has 0 heterocycles. The van der Waals surface area contributed by atoms with Crippen molar-refractivity contribution in [2.75, 3.05) is 0 Å². The van der Waals surface area contributed by atoms with E-state index in [1.807, 2.05) is 27.7 Å². The smallest absolute Gasteiger partial charge is 0.0435 e. The second-order valence-electron chi connectivity index (χ2n) is 5.58. The molecule has 0 fully saturated rings. The second-order valence-corrected chi connectivity index (χ2v) is 5.58. The third-order valence-corrected chi connectivity index (χ3v) is 4.57. The molecule has 0 spiro atoms. The molecule has 0 aliphatic heterocycles. The van der Waals surface area contributed by atoms with Crippen LogP contribution in [0.15, 0.2) is 78.9 Å². The highest BCUT2D eigenvalue weighted by molar-refractivity contribution is 5.82. The maximum absolute atomic E-state index is 2.34.